The summed E-state index contributed by atoms with van der Waals surface area (Å²) in [6.45, 7) is 6.87. The van der Waals surface area contributed by atoms with Crippen molar-refractivity contribution in [3.63, 3.8) is 0 Å². The molecule has 0 spiro atoms. The molecule has 110 valence electrons. The Morgan fingerprint density at radius 1 is 1.35 bits per heavy atom. The molecule has 7 heteroatoms. The van der Waals surface area contributed by atoms with Crippen molar-refractivity contribution in [2.45, 2.75) is 13.8 Å². The number of aryl methyl sites for hydroxylation is 2. The number of amides is 2. The van der Waals surface area contributed by atoms with Gasteiger partial charge in [-0.05, 0) is 13.8 Å². The highest BCUT2D eigenvalue weighted by atomic mass is 32.1. The Morgan fingerprint density at radius 2 is 2.00 bits per heavy atom. The molecule has 0 radical (unpaired) electrons. The third-order valence-corrected chi connectivity index (χ3v) is 4.35. The Morgan fingerprint density at radius 3 is 2.55 bits per heavy atom. The van der Waals surface area contributed by atoms with Crippen molar-refractivity contribution in [1.29, 1.82) is 0 Å². The van der Waals surface area contributed by atoms with Gasteiger partial charge in [-0.25, -0.2) is 4.98 Å². The van der Waals surface area contributed by atoms with Crippen molar-refractivity contribution < 1.29 is 9.59 Å². The van der Waals surface area contributed by atoms with Gasteiger partial charge in [-0.2, -0.15) is 0 Å². The van der Waals surface area contributed by atoms with Crippen LogP contribution < -0.4 is 5.32 Å². The number of carbonyl (C=O) groups is 2. The molecule has 1 fully saturated rings. The van der Waals surface area contributed by atoms with Gasteiger partial charge in [0.2, 0.25) is 5.91 Å². The smallest absolute Gasteiger partial charge is 0.266 e. The first-order valence-electron chi connectivity index (χ1n) is 6.67. The zero-order valence-corrected chi connectivity index (χ0v) is 12.9. The Hall–Kier alpha value is -1.47. The molecule has 1 aromatic rings. The SMILES string of the molecule is Cc1nc(C)c(C(=O)N(C)CC(=O)N2CCNCC2)s1. The Kier molecular flexibility index (Phi) is 4.72. The summed E-state index contributed by atoms with van der Waals surface area (Å²) in [5, 5.41) is 4.07. The molecular weight excluding hydrogens is 276 g/mol. The first kappa shape index (κ1) is 14.9. The number of hydrogen-bond acceptors (Lipinski definition) is 5. The van der Waals surface area contributed by atoms with Gasteiger partial charge in [0.1, 0.15) is 4.88 Å². The molecule has 0 unspecified atom stereocenters. The van der Waals surface area contributed by atoms with E-state index in [0.29, 0.717) is 18.0 Å². The minimum absolute atomic E-state index is 0.00115. The van der Waals surface area contributed by atoms with Gasteiger partial charge in [0.15, 0.2) is 0 Å². The van der Waals surface area contributed by atoms with Crippen LogP contribution in [0.3, 0.4) is 0 Å². The second-order valence-electron chi connectivity index (χ2n) is 4.94. The van der Waals surface area contributed by atoms with Gasteiger partial charge < -0.3 is 15.1 Å². The molecule has 20 heavy (non-hydrogen) atoms. The fourth-order valence-electron chi connectivity index (χ4n) is 2.19. The Labute approximate surface area is 122 Å². The molecule has 1 aromatic heterocycles. The van der Waals surface area contributed by atoms with Crippen LogP contribution in [0, 0.1) is 13.8 Å². The third-order valence-electron chi connectivity index (χ3n) is 3.29. The zero-order valence-electron chi connectivity index (χ0n) is 12.1. The highest BCUT2D eigenvalue weighted by Gasteiger charge is 2.23. The Bertz CT molecular complexity index is 508. The summed E-state index contributed by atoms with van der Waals surface area (Å²) < 4.78 is 0. The first-order chi connectivity index (χ1) is 9.49. The molecule has 0 saturated carbocycles. The van der Waals surface area contributed by atoms with Gasteiger partial charge in [0, 0.05) is 33.2 Å². The van der Waals surface area contributed by atoms with E-state index in [0.717, 1.165) is 23.8 Å². The van der Waals surface area contributed by atoms with Gasteiger partial charge in [-0.3, -0.25) is 9.59 Å². The number of hydrogen-bond donors (Lipinski definition) is 1. The summed E-state index contributed by atoms with van der Waals surface area (Å²) in [5.41, 5.74) is 0.735. The van der Waals surface area contributed by atoms with Gasteiger partial charge in [0.05, 0.1) is 17.2 Å². The van der Waals surface area contributed by atoms with Crippen LogP contribution in [0.2, 0.25) is 0 Å². The highest BCUT2D eigenvalue weighted by Crippen LogP contribution is 2.18. The number of rotatable bonds is 3. The predicted molar refractivity (Wildman–Crippen MR) is 78.0 cm³/mol. The van der Waals surface area contributed by atoms with E-state index in [-0.39, 0.29) is 18.4 Å². The van der Waals surface area contributed by atoms with E-state index in [1.165, 1.54) is 16.2 Å². The van der Waals surface area contributed by atoms with Crippen LogP contribution in [-0.2, 0) is 4.79 Å². The maximum atomic E-state index is 12.3. The Balaban J connectivity index is 1.97. The molecule has 2 heterocycles. The molecule has 2 rings (SSSR count). The maximum absolute atomic E-state index is 12.3. The summed E-state index contributed by atoms with van der Waals surface area (Å²) in [5.74, 6) is -0.127. The lowest BCUT2D eigenvalue weighted by molar-refractivity contribution is -0.132. The number of nitrogens with one attached hydrogen (secondary N) is 1. The number of likely N-dealkylation sites (N-methyl/N-ethyl adjacent to an activating group) is 1. The second-order valence-corrected chi connectivity index (χ2v) is 6.14. The van der Waals surface area contributed by atoms with Crippen molar-refractivity contribution in [3.8, 4) is 0 Å². The predicted octanol–water partition coefficient (Wildman–Crippen LogP) is 0.264. The average molecular weight is 296 g/mol. The minimum Gasteiger partial charge on any atom is -0.339 e. The van der Waals surface area contributed by atoms with E-state index in [9.17, 15) is 9.59 Å². The summed E-state index contributed by atoms with van der Waals surface area (Å²) in [6, 6.07) is 0. The maximum Gasteiger partial charge on any atom is 0.266 e. The summed E-state index contributed by atoms with van der Waals surface area (Å²) in [6.07, 6.45) is 0. The molecular formula is C13H20N4O2S. The number of carbonyl (C=O) groups excluding carboxylic acids is 2. The largest absolute Gasteiger partial charge is 0.339 e. The topological polar surface area (TPSA) is 65.5 Å². The van der Waals surface area contributed by atoms with E-state index in [1.54, 1.807) is 11.9 Å². The van der Waals surface area contributed by atoms with E-state index >= 15 is 0 Å². The lowest BCUT2D eigenvalue weighted by Gasteiger charge is -2.29. The number of nitrogens with zero attached hydrogens (tertiary/aromatic N) is 3. The molecule has 1 saturated heterocycles. The summed E-state index contributed by atoms with van der Waals surface area (Å²) in [4.78, 5) is 32.6. The van der Waals surface area contributed by atoms with E-state index in [1.807, 2.05) is 13.8 Å². The molecule has 0 bridgehead atoms. The van der Waals surface area contributed by atoms with Crippen LogP contribution in [-0.4, -0.2) is 66.4 Å². The van der Waals surface area contributed by atoms with E-state index < -0.39 is 0 Å². The van der Waals surface area contributed by atoms with Crippen molar-refractivity contribution in [3.05, 3.63) is 15.6 Å². The fourth-order valence-corrected chi connectivity index (χ4v) is 3.11. The quantitative estimate of drug-likeness (QED) is 0.869. The highest BCUT2D eigenvalue weighted by molar-refractivity contribution is 7.13. The second kappa shape index (κ2) is 6.32. The summed E-state index contributed by atoms with van der Waals surface area (Å²) >= 11 is 1.38. The molecule has 1 aliphatic rings. The number of piperazine rings is 1. The zero-order chi connectivity index (χ0) is 14.7. The van der Waals surface area contributed by atoms with Crippen LogP contribution in [0.15, 0.2) is 0 Å². The molecule has 0 atom stereocenters. The van der Waals surface area contributed by atoms with Gasteiger partial charge in [0.25, 0.3) is 5.91 Å². The average Bonchev–Trinajstić information content (AvgIpc) is 2.77. The lowest BCUT2D eigenvalue weighted by atomic mass is 10.3. The normalized spacial score (nSPS) is 15.2. The van der Waals surface area contributed by atoms with Crippen LogP contribution in [0.1, 0.15) is 20.4 Å². The van der Waals surface area contributed by atoms with Crippen molar-refractivity contribution in [1.82, 2.24) is 20.1 Å². The van der Waals surface area contributed by atoms with Crippen LogP contribution in [0.5, 0.6) is 0 Å². The lowest BCUT2D eigenvalue weighted by Crippen LogP contribution is -2.49. The molecule has 1 aliphatic heterocycles. The minimum atomic E-state index is -0.128. The van der Waals surface area contributed by atoms with Gasteiger partial charge in [-0.15, -0.1) is 11.3 Å². The fraction of sp³-hybridized carbons (Fsp3) is 0.615. The first-order valence-corrected chi connectivity index (χ1v) is 7.48. The number of aromatic nitrogens is 1. The standard InChI is InChI=1S/C13H20N4O2S/c1-9-12(20-10(2)15-9)13(19)16(3)8-11(18)17-6-4-14-5-7-17/h14H,4-8H2,1-3H3. The van der Waals surface area contributed by atoms with Crippen molar-refractivity contribution in [2.75, 3.05) is 39.8 Å². The van der Waals surface area contributed by atoms with Gasteiger partial charge >= 0.3 is 0 Å². The summed E-state index contributed by atoms with van der Waals surface area (Å²) in [7, 11) is 1.66. The molecule has 0 aromatic carbocycles. The molecule has 2 amide bonds. The molecule has 0 aliphatic carbocycles. The monoisotopic (exact) mass is 296 g/mol. The molecule has 6 nitrogen and oxygen atoms in total. The van der Waals surface area contributed by atoms with Crippen LogP contribution in [0.4, 0.5) is 0 Å². The van der Waals surface area contributed by atoms with Crippen LogP contribution in [0.25, 0.3) is 0 Å². The van der Waals surface area contributed by atoms with E-state index in [4.69, 9.17) is 0 Å². The third kappa shape index (κ3) is 3.34. The van der Waals surface area contributed by atoms with Crippen LogP contribution >= 0.6 is 11.3 Å². The number of thiazole rings is 1. The van der Waals surface area contributed by atoms with Gasteiger partial charge in [-0.1, -0.05) is 0 Å². The van der Waals surface area contributed by atoms with Crippen molar-refractivity contribution >= 4 is 23.2 Å². The van der Waals surface area contributed by atoms with Crippen molar-refractivity contribution in [2.24, 2.45) is 0 Å². The van der Waals surface area contributed by atoms with E-state index in [2.05, 4.69) is 10.3 Å². The molecule has 1 N–H and O–H groups in total.